The summed E-state index contributed by atoms with van der Waals surface area (Å²) in [5.74, 6) is -3.23. The number of nitrogens with two attached hydrogens (primary N) is 2. The molecule has 0 unspecified atom stereocenters. The highest BCUT2D eigenvalue weighted by Gasteiger charge is 2.21. The first-order valence-electron chi connectivity index (χ1n) is 5.97. The first kappa shape index (κ1) is 17.8. The molecule has 1 atom stereocenters. The summed E-state index contributed by atoms with van der Waals surface area (Å²) in [4.78, 5) is 33.3. The highest BCUT2D eigenvalue weighted by Crippen LogP contribution is 2.10. The molecule has 1 aromatic carbocycles. The topological polar surface area (TPSA) is 167 Å². The van der Waals surface area contributed by atoms with E-state index in [1.165, 1.54) is 0 Å². The minimum absolute atomic E-state index is 0.0776. The van der Waals surface area contributed by atoms with Crippen LogP contribution < -0.4 is 10.9 Å². The van der Waals surface area contributed by atoms with Crippen LogP contribution in [0.2, 0.25) is 0 Å². The molecule has 0 radical (unpaired) electrons. The fraction of sp³-hybridized carbons (Fsp3) is 0.250. The number of carbonyl (C=O) groups excluding carboxylic acids is 2. The Labute approximate surface area is 125 Å². The maximum Gasteiger partial charge on any atom is 0.345 e. The van der Waals surface area contributed by atoms with Crippen molar-refractivity contribution in [1.82, 2.24) is 0 Å². The van der Waals surface area contributed by atoms with Crippen LogP contribution in [0.5, 0.6) is 0 Å². The lowest BCUT2D eigenvalue weighted by Crippen LogP contribution is -2.34. The molecule has 1 aromatic rings. The fourth-order valence-electron chi connectivity index (χ4n) is 1.40. The summed E-state index contributed by atoms with van der Waals surface area (Å²) in [5.41, 5.74) is 5.31. The Morgan fingerprint density at radius 1 is 1.18 bits per heavy atom. The van der Waals surface area contributed by atoms with Gasteiger partial charge in [-0.15, -0.1) is 0 Å². The van der Waals surface area contributed by atoms with Crippen molar-refractivity contribution >= 4 is 27.9 Å². The molecular weight excluding hydrogens is 316 g/mol. The average molecular weight is 330 g/mol. The van der Waals surface area contributed by atoms with Gasteiger partial charge in [0, 0.05) is 6.42 Å². The summed E-state index contributed by atoms with van der Waals surface area (Å²) in [7, 11) is -3.89. The minimum atomic E-state index is -3.89. The number of aliphatic carboxylic acids is 1. The van der Waals surface area contributed by atoms with Crippen molar-refractivity contribution in [2.24, 2.45) is 10.9 Å². The summed E-state index contributed by atoms with van der Waals surface area (Å²) in [6.07, 6.45) is -0.515. The summed E-state index contributed by atoms with van der Waals surface area (Å²) in [5, 5.41) is 13.4. The van der Waals surface area contributed by atoms with Gasteiger partial charge in [0.2, 0.25) is 10.0 Å². The second kappa shape index (κ2) is 7.11. The van der Waals surface area contributed by atoms with Gasteiger partial charge in [0.25, 0.3) is 0 Å². The van der Waals surface area contributed by atoms with Gasteiger partial charge in [-0.2, -0.15) is 0 Å². The van der Waals surface area contributed by atoms with Crippen LogP contribution in [0.3, 0.4) is 0 Å². The number of ether oxygens (including phenoxy) is 1. The zero-order valence-corrected chi connectivity index (χ0v) is 12.1. The normalized spacial score (nSPS) is 12.5. The first-order valence-corrected chi connectivity index (χ1v) is 7.52. The quantitative estimate of drug-likeness (QED) is 0.450. The number of sulfonamides is 1. The molecule has 120 valence electrons. The predicted molar refractivity (Wildman–Crippen MR) is 73.1 cm³/mol. The molecule has 0 aliphatic rings. The van der Waals surface area contributed by atoms with Gasteiger partial charge in [-0.3, -0.25) is 4.79 Å². The smallest absolute Gasteiger partial charge is 0.345 e. The van der Waals surface area contributed by atoms with E-state index in [1.807, 2.05) is 0 Å². The van der Waals surface area contributed by atoms with Gasteiger partial charge in [-0.25, -0.2) is 23.1 Å². The van der Waals surface area contributed by atoms with E-state index in [9.17, 15) is 22.8 Å². The van der Waals surface area contributed by atoms with Gasteiger partial charge in [0.05, 0.1) is 10.5 Å². The van der Waals surface area contributed by atoms with E-state index in [0.717, 1.165) is 24.3 Å². The monoisotopic (exact) mass is 330 g/mol. The zero-order valence-electron chi connectivity index (χ0n) is 11.3. The lowest BCUT2D eigenvalue weighted by Gasteiger charge is -2.09. The van der Waals surface area contributed by atoms with E-state index < -0.39 is 34.0 Å². The van der Waals surface area contributed by atoms with E-state index in [-0.39, 0.29) is 23.3 Å². The van der Waals surface area contributed by atoms with Crippen LogP contribution in [-0.2, 0) is 24.3 Å². The third-order valence-corrected chi connectivity index (χ3v) is 3.51. The third-order valence-electron chi connectivity index (χ3n) is 2.58. The van der Waals surface area contributed by atoms with Crippen LogP contribution in [0.25, 0.3) is 0 Å². The van der Waals surface area contributed by atoms with Crippen LogP contribution in [-0.4, -0.2) is 37.5 Å². The summed E-state index contributed by atoms with van der Waals surface area (Å²) >= 11 is 0. The lowest BCUT2D eigenvalue weighted by molar-refractivity contribution is -0.140. The predicted octanol–water partition coefficient (Wildman–Crippen LogP) is -0.790. The van der Waals surface area contributed by atoms with Crippen LogP contribution >= 0.6 is 0 Å². The van der Waals surface area contributed by atoms with Gasteiger partial charge in [0.15, 0.2) is 0 Å². The zero-order chi connectivity index (χ0) is 16.9. The molecule has 1 rings (SSSR count). The number of carboxylic acid groups (broad SMARTS) is 1. The lowest BCUT2D eigenvalue weighted by atomic mass is 10.2. The second-order valence-electron chi connectivity index (χ2n) is 4.32. The van der Waals surface area contributed by atoms with E-state index in [4.69, 9.17) is 16.0 Å². The number of carboxylic acids is 1. The van der Waals surface area contributed by atoms with E-state index in [2.05, 4.69) is 4.74 Å². The highest BCUT2D eigenvalue weighted by atomic mass is 32.2. The molecule has 0 aliphatic carbocycles. The van der Waals surface area contributed by atoms with Crippen LogP contribution in [0, 0.1) is 0 Å². The van der Waals surface area contributed by atoms with Crippen molar-refractivity contribution in [3.05, 3.63) is 29.8 Å². The van der Waals surface area contributed by atoms with Crippen molar-refractivity contribution in [2.45, 2.75) is 23.8 Å². The van der Waals surface area contributed by atoms with Crippen molar-refractivity contribution in [3.63, 3.8) is 0 Å². The molecule has 0 spiro atoms. The number of rotatable bonds is 6. The van der Waals surface area contributed by atoms with E-state index in [1.54, 1.807) is 0 Å². The third kappa shape index (κ3) is 5.24. The van der Waals surface area contributed by atoms with E-state index >= 15 is 0 Å². The number of esters is 2. The molecule has 0 fully saturated rings. The second-order valence-corrected chi connectivity index (χ2v) is 5.88. The van der Waals surface area contributed by atoms with Crippen molar-refractivity contribution in [2.75, 3.05) is 0 Å². The highest BCUT2D eigenvalue weighted by molar-refractivity contribution is 7.89. The SMILES string of the molecule is N[C@H](CCC(=O)O)C(=O)OC(=O)c1ccc(S(N)(=O)=O)cc1. The van der Waals surface area contributed by atoms with Gasteiger partial charge >= 0.3 is 17.9 Å². The molecule has 0 saturated heterocycles. The molecule has 0 saturated carbocycles. The average Bonchev–Trinajstić information content (AvgIpc) is 2.43. The molecule has 0 bridgehead atoms. The fourth-order valence-corrected chi connectivity index (χ4v) is 1.92. The summed E-state index contributed by atoms with van der Waals surface area (Å²) < 4.78 is 26.6. The Balaban J connectivity index is 2.69. The number of primary sulfonamides is 1. The molecule has 22 heavy (non-hydrogen) atoms. The number of carbonyl (C=O) groups is 3. The molecule has 0 amide bonds. The van der Waals surface area contributed by atoms with Gasteiger partial charge < -0.3 is 15.6 Å². The molecule has 9 nitrogen and oxygen atoms in total. The van der Waals surface area contributed by atoms with Crippen LogP contribution in [0.4, 0.5) is 0 Å². The molecule has 5 N–H and O–H groups in total. The van der Waals surface area contributed by atoms with Gasteiger partial charge in [-0.05, 0) is 30.7 Å². The summed E-state index contributed by atoms with van der Waals surface area (Å²) in [6, 6.07) is 3.17. The minimum Gasteiger partial charge on any atom is -0.481 e. The standard InChI is InChI=1S/C12H14N2O7S/c13-9(5-6-10(15)16)12(18)21-11(17)7-1-3-8(4-2-7)22(14,19)20/h1-4,9H,5-6,13H2,(H,15,16)(H2,14,19,20)/t9-/m1/s1. The maximum absolute atomic E-state index is 11.7. The number of benzene rings is 1. The Kier molecular flexibility index (Phi) is 5.74. The van der Waals surface area contributed by atoms with Gasteiger partial charge in [-0.1, -0.05) is 0 Å². The summed E-state index contributed by atoms with van der Waals surface area (Å²) in [6.45, 7) is 0. The van der Waals surface area contributed by atoms with Crippen LogP contribution in [0.1, 0.15) is 23.2 Å². The van der Waals surface area contributed by atoms with E-state index in [0.29, 0.717) is 0 Å². The van der Waals surface area contributed by atoms with Crippen molar-refractivity contribution in [1.29, 1.82) is 0 Å². The largest absolute Gasteiger partial charge is 0.481 e. The van der Waals surface area contributed by atoms with Gasteiger partial charge in [0.1, 0.15) is 6.04 Å². The number of hydrogen-bond acceptors (Lipinski definition) is 7. The maximum atomic E-state index is 11.7. The number of hydrogen-bond donors (Lipinski definition) is 3. The van der Waals surface area contributed by atoms with Crippen molar-refractivity contribution < 1.29 is 32.6 Å². The van der Waals surface area contributed by atoms with Crippen molar-refractivity contribution in [3.8, 4) is 0 Å². The Bertz CT molecular complexity index is 682. The van der Waals surface area contributed by atoms with Crippen LogP contribution in [0.15, 0.2) is 29.2 Å². The first-order chi connectivity index (χ1) is 10.1. The molecule has 0 aromatic heterocycles. The molecule has 10 heteroatoms. The Morgan fingerprint density at radius 3 is 2.18 bits per heavy atom. The molecule has 0 heterocycles. The Hall–Kier alpha value is -2.30. The Morgan fingerprint density at radius 2 is 1.73 bits per heavy atom. The molecule has 0 aliphatic heterocycles. The molecular formula is C12H14N2O7S.